The number of carboxylic acid groups (broad SMARTS) is 1. The second kappa shape index (κ2) is 3.93. The summed E-state index contributed by atoms with van der Waals surface area (Å²) in [5.41, 5.74) is 1.45. The Morgan fingerprint density at radius 3 is 2.65 bits per heavy atom. The van der Waals surface area contributed by atoms with Gasteiger partial charge in [-0.1, -0.05) is 0 Å². The number of fused-ring (bicyclic) bond motifs is 1. The molecule has 2 rings (SSSR count). The van der Waals surface area contributed by atoms with E-state index in [9.17, 15) is 9.59 Å². The molecule has 2 aromatic rings. The van der Waals surface area contributed by atoms with Gasteiger partial charge in [0.25, 0.3) is 0 Å². The average Bonchev–Trinajstić information content (AvgIpc) is 2.59. The molecule has 0 bridgehead atoms. The molecule has 5 heteroatoms. The van der Waals surface area contributed by atoms with Crippen molar-refractivity contribution in [3.8, 4) is 0 Å². The fourth-order valence-electron chi connectivity index (χ4n) is 1.82. The van der Waals surface area contributed by atoms with Crippen molar-refractivity contribution in [2.45, 2.75) is 6.92 Å². The number of aromatic nitrogens is 1. The third kappa shape index (κ3) is 1.99. The van der Waals surface area contributed by atoms with Gasteiger partial charge in [-0.15, -0.1) is 0 Å². The van der Waals surface area contributed by atoms with Gasteiger partial charge in [-0.3, -0.25) is 4.79 Å². The molecule has 1 heterocycles. The van der Waals surface area contributed by atoms with Gasteiger partial charge < -0.3 is 15.0 Å². The van der Waals surface area contributed by atoms with Crippen molar-refractivity contribution in [3.05, 3.63) is 30.0 Å². The second-order valence-electron chi connectivity index (χ2n) is 3.87. The minimum absolute atomic E-state index is 0.187. The number of amides is 1. The van der Waals surface area contributed by atoms with E-state index in [4.69, 9.17) is 5.11 Å². The number of carboxylic acids is 1. The lowest BCUT2D eigenvalue weighted by atomic mass is 10.1. The topological polar surface area (TPSA) is 71.3 Å². The molecule has 0 aliphatic heterocycles. The van der Waals surface area contributed by atoms with Crippen LogP contribution in [0.1, 0.15) is 17.3 Å². The number of aromatic carboxylic acids is 1. The standard InChI is InChI=1S/C12H12N2O3/c1-7(15)13-8-5-10(12(16)17)9-3-4-14(2)11(9)6-8/h3-6H,1-2H3,(H,13,15)(H,16,17). The Bertz CT molecular complexity index is 613. The molecule has 0 saturated heterocycles. The van der Waals surface area contributed by atoms with E-state index in [1.54, 1.807) is 18.3 Å². The van der Waals surface area contributed by atoms with E-state index in [0.29, 0.717) is 11.1 Å². The van der Waals surface area contributed by atoms with Crippen LogP contribution < -0.4 is 5.32 Å². The molecule has 0 saturated carbocycles. The summed E-state index contributed by atoms with van der Waals surface area (Å²) in [6.07, 6.45) is 1.79. The molecule has 0 aliphatic rings. The molecule has 0 spiro atoms. The van der Waals surface area contributed by atoms with Gasteiger partial charge >= 0.3 is 5.97 Å². The molecular formula is C12H12N2O3. The van der Waals surface area contributed by atoms with Crippen molar-refractivity contribution < 1.29 is 14.7 Å². The van der Waals surface area contributed by atoms with Gasteiger partial charge in [0.2, 0.25) is 5.91 Å². The summed E-state index contributed by atoms with van der Waals surface area (Å²) in [4.78, 5) is 22.1. The Balaban J connectivity index is 2.68. The fraction of sp³-hybridized carbons (Fsp3) is 0.167. The van der Waals surface area contributed by atoms with E-state index < -0.39 is 5.97 Å². The SMILES string of the molecule is CC(=O)Nc1cc(C(=O)O)c2ccn(C)c2c1. The van der Waals surface area contributed by atoms with E-state index in [0.717, 1.165) is 5.52 Å². The Hall–Kier alpha value is -2.30. The normalized spacial score (nSPS) is 10.5. The quantitative estimate of drug-likeness (QED) is 0.829. The zero-order valence-electron chi connectivity index (χ0n) is 9.52. The Morgan fingerprint density at radius 1 is 1.35 bits per heavy atom. The molecule has 88 valence electrons. The van der Waals surface area contributed by atoms with Gasteiger partial charge in [0.1, 0.15) is 0 Å². The smallest absolute Gasteiger partial charge is 0.336 e. The molecule has 0 aliphatic carbocycles. The van der Waals surface area contributed by atoms with Gasteiger partial charge in [-0.05, 0) is 18.2 Å². The Labute approximate surface area is 97.7 Å². The number of nitrogens with zero attached hydrogens (tertiary/aromatic N) is 1. The van der Waals surface area contributed by atoms with Crippen LogP contribution in [-0.2, 0) is 11.8 Å². The molecule has 0 atom stereocenters. The number of benzene rings is 1. The predicted molar refractivity (Wildman–Crippen MR) is 64.2 cm³/mol. The minimum atomic E-state index is -1.01. The first-order valence-corrected chi connectivity index (χ1v) is 5.09. The lowest BCUT2D eigenvalue weighted by Gasteiger charge is -2.06. The van der Waals surface area contributed by atoms with Gasteiger partial charge in [0, 0.05) is 31.2 Å². The highest BCUT2D eigenvalue weighted by Crippen LogP contribution is 2.24. The summed E-state index contributed by atoms with van der Waals surface area (Å²) in [5, 5.41) is 12.4. The highest BCUT2D eigenvalue weighted by Gasteiger charge is 2.12. The van der Waals surface area contributed by atoms with Crippen LogP contribution in [0.5, 0.6) is 0 Å². The molecule has 2 N–H and O–H groups in total. The van der Waals surface area contributed by atoms with E-state index >= 15 is 0 Å². The third-order valence-corrected chi connectivity index (χ3v) is 2.55. The number of hydrogen-bond donors (Lipinski definition) is 2. The van der Waals surface area contributed by atoms with E-state index in [-0.39, 0.29) is 11.5 Å². The zero-order valence-corrected chi connectivity index (χ0v) is 9.52. The van der Waals surface area contributed by atoms with Gasteiger partial charge in [0.05, 0.1) is 11.1 Å². The molecule has 0 fully saturated rings. The van der Waals surface area contributed by atoms with Crippen LogP contribution in [0.4, 0.5) is 5.69 Å². The minimum Gasteiger partial charge on any atom is -0.478 e. The van der Waals surface area contributed by atoms with Crippen LogP contribution in [-0.4, -0.2) is 21.6 Å². The van der Waals surface area contributed by atoms with Crippen LogP contribution in [0, 0.1) is 0 Å². The second-order valence-corrected chi connectivity index (χ2v) is 3.87. The van der Waals surface area contributed by atoms with E-state index in [1.165, 1.54) is 13.0 Å². The van der Waals surface area contributed by atoms with Crippen molar-refractivity contribution in [2.75, 3.05) is 5.32 Å². The van der Waals surface area contributed by atoms with Crippen molar-refractivity contribution in [1.82, 2.24) is 4.57 Å². The average molecular weight is 232 g/mol. The van der Waals surface area contributed by atoms with Gasteiger partial charge in [0.15, 0.2) is 0 Å². The Morgan fingerprint density at radius 2 is 2.06 bits per heavy atom. The maximum absolute atomic E-state index is 11.1. The first kappa shape index (κ1) is 11.2. The highest BCUT2D eigenvalue weighted by atomic mass is 16.4. The number of anilines is 1. The van der Waals surface area contributed by atoms with Crippen LogP contribution in [0.15, 0.2) is 24.4 Å². The molecule has 0 radical (unpaired) electrons. The summed E-state index contributed by atoms with van der Waals surface area (Å²) in [6.45, 7) is 1.38. The van der Waals surface area contributed by atoms with E-state index in [2.05, 4.69) is 5.32 Å². The van der Waals surface area contributed by atoms with Crippen LogP contribution in [0.25, 0.3) is 10.9 Å². The monoisotopic (exact) mass is 232 g/mol. The molecule has 1 amide bonds. The molecule has 5 nitrogen and oxygen atoms in total. The van der Waals surface area contributed by atoms with Crippen molar-refractivity contribution in [1.29, 1.82) is 0 Å². The first-order chi connectivity index (χ1) is 7.99. The summed E-state index contributed by atoms with van der Waals surface area (Å²) >= 11 is 0. The van der Waals surface area contributed by atoms with Crippen molar-refractivity contribution >= 4 is 28.5 Å². The van der Waals surface area contributed by atoms with Gasteiger partial charge in [-0.2, -0.15) is 0 Å². The molecule has 17 heavy (non-hydrogen) atoms. The number of carbonyl (C=O) groups excluding carboxylic acids is 1. The molecule has 1 aromatic heterocycles. The first-order valence-electron chi connectivity index (χ1n) is 5.09. The van der Waals surface area contributed by atoms with Crippen molar-refractivity contribution in [2.24, 2.45) is 7.05 Å². The maximum Gasteiger partial charge on any atom is 0.336 e. The lowest BCUT2D eigenvalue weighted by Crippen LogP contribution is -2.07. The Kier molecular flexibility index (Phi) is 2.59. The molecule has 0 unspecified atom stereocenters. The summed E-state index contributed by atoms with van der Waals surface area (Å²) < 4.78 is 1.81. The van der Waals surface area contributed by atoms with Gasteiger partial charge in [-0.25, -0.2) is 4.79 Å². The van der Waals surface area contributed by atoms with Crippen LogP contribution in [0.3, 0.4) is 0 Å². The van der Waals surface area contributed by atoms with Crippen LogP contribution >= 0.6 is 0 Å². The summed E-state index contributed by atoms with van der Waals surface area (Å²) in [6, 6.07) is 4.96. The third-order valence-electron chi connectivity index (χ3n) is 2.55. The number of nitrogens with one attached hydrogen (secondary N) is 1. The highest BCUT2D eigenvalue weighted by molar-refractivity contribution is 6.05. The zero-order chi connectivity index (χ0) is 12.6. The number of aryl methyl sites for hydroxylation is 1. The van der Waals surface area contributed by atoms with Crippen molar-refractivity contribution in [3.63, 3.8) is 0 Å². The predicted octanol–water partition coefficient (Wildman–Crippen LogP) is 1.83. The maximum atomic E-state index is 11.1. The summed E-state index contributed by atoms with van der Waals surface area (Å²) in [5.74, 6) is -1.23. The largest absolute Gasteiger partial charge is 0.478 e. The molecule has 1 aromatic carbocycles. The lowest BCUT2D eigenvalue weighted by molar-refractivity contribution is -0.114. The van der Waals surface area contributed by atoms with Crippen LogP contribution in [0.2, 0.25) is 0 Å². The number of rotatable bonds is 2. The molecular weight excluding hydrogens is 220 g/mol. The number of carbonyl (C=O) groups is 2. The summed E-state index contributed by atoms with van der Waals surface area (Å²) in [7, 11) is 1.82. The number of hydrogen-bond acceptors (Lipinski definition) is 2. The fourth-order valence-corrected chi connectivity index (χ4v) is 1.82. The van der Waals surface area contributed by atoms with E-state index in [1.807, 2.05) is 11.6 Å².